The van der Waals surface area contributed by atoms with Crippen LogP contribution in [0.15, 0.2) is 0 Å². The summed E-state index contributed by atoms with van der Waals surface area (Å²) in [7, 11) is 0. The lowest BCUT2D eigenvalue weighted by molar-refractivity contribution is -0.111. The molecule has 56 valence electrons. The fourth-order valence-corrected chi connectivity index (χ4v) is 0.623. The Morgan fingerprint density at radius 3 is 2.80 bits per heavy atom. The SMILES string of the molecule is C#CCCC(C)(O)CC=O. The first-order valence-electron chi connectivity index (χ1n) is 3.22. The minimum atomic E-state index is -0.909. The summed E-state index contributed by atoms with van der Waals surface area (Å²) in [5, 5.41) is 9.32. The van der Waals surface area contributed by atoms with Gasteiger partial charge in [-0.2, -0.15) is 0 Å². The standard InChI is InChI=1S/C8H12O2/c1-3-4-5-8(2,10)6-7-9/h1,7,10H,4-6H2,2H3. The Kier molecular flexibility index (Phi) is 3.75. The third-order valence-corrected chi connectivity index (χ3v) is 1.33. The zero-order valence-corrected chi connectivity index (χ0v) is 6.13. The van der Waals surface area contributed by atoms with E-state index in [9.17, 15) is 9.90 Å². The van der Waals surface area contributed by atoms with Gasteiger partial charge in [0.2, 0.25) is 0 Å². The maximum absolute atomic E-state index is 9.97. The molecule has 2 nitrogen and oxygen atoms in total. The van der Waals surface area contributed by atoms with Crippen LogP contribution >= 0.6 is 0 Å². The number of carbonyl (C=O) groups is 1. The first-order valence-corrected chi connectivity index (χ1v) is 3.22. The highest BCUT2D eigenvalue weighted by molar-refractivity contribution is 5.51. The molecule has 1 unspecified atom stereocenters. The van der Waals surface area contributed by atoms with Crippen LogP contribution < -0.4 is 0 Å². The van der Waals surface area contributed by atoms with E-state index in [0.29, 0.717) is 19.1 Å². The fourth-order valence-electron chi connectivity index (χ4n) is 0.623. The van der Waals surface area contributed by atoms with E-state index in [4.69, 9.17) is 6.42 Å². The van der Waals surface area contributed by atoms with Crippen molar-refractivity contribution in [3.05, 3.63) is 0 Å². The minimum Gasteiger partial charge on any atom is -0.390 e. The Balaban J connectivity index is 3.64. The Morgan fingerprint density at radius 1 is 1.80 bits per heavy atom. The summed E-state index contributed by atoms with van der Waals surface area (Å²) in [6, 6.07) is 0. The Morgan fingerprint density at radius 2 is 2.40 bits per heavy atom. The summed E-state index contributed by atoms with van der Waals surface area (Å²) in [6.07, 6.45) is 6.85. The summed E-state index contributed by atoms with van der Waals surface area (Å²) in [6.45, 7) is 1.61. The molecule has 0 aliphatic rings. The van der Waals surface area contributed by atoms with Crippen molar-refractivity contribution in [2.45, 2.75) is 31.8 Å². The molecule has 1 atom stereocenters. The lowest BCUT2D eigenvalue weighted by Crippen LogP contribution is -2.23. The number of rotatable bonds is 4. The smallest absolute Gasteiger partial charge is 0.122 e. The molecule has 2 heteroatoms. The van der Waals surface area contributed by atoms with Crippen molar-refractivity contribution in [2.24, 2.45) is 0 Å². The largest absolute Gasteiger partial charge is 0.390 e. The second kappa shape index (κ2) is 4.08. The molecule has 0 bridgehead atoms. The summed E-state index contributed by atoms with van der Waals surface area (Å²) in [4.78, 5) is 9.97. The van der Waals surface area contributed by atoms with Gasteiger partial charge in [0, 0.05) is 12.8 Å². The first kappa shape index (κ1) is 9.19. The van der Waals surface area contributed by atoms with Crippen LogP contribution in [0.1, 0.15) is 26.2 Å². The summed E-state index contributed by atoms with van der Waals surface area (Å²) in [5.74, 6) is 2.41. The zero-order chi connectivity index (χ0) is 8.04. The van der Waals surface area contributed by atoms with E-state index in [1.807, 2.05) is 0 Å². The predicted molar refractivity (Wildman–Crippen MR) is 39.4 cm³/mol. The number of aldehydes is 1. The van der Waals surface area contributed by atoms with Crippen molar-refractivity contribution in [3.63, 3.8) is 0 Å². The van der Waals surface area contributed by atoms with Gasteiger partial charge in [0.15, 0.2) is 0 Å². The minimum absolute atomic E-state index is 0.161. The van der Waals surface area contributed by atoms with E-state index < -0.39 is 5.60 Å². The maximum Gasteiger partial charge on any atom is 0.122 e. The molecule has 0 aliphatic heterocycles. The number of terminal acetylenes is 1. The van der Waals surface area contributed by atoms with Crippen molar-refractivity contribution in [3.8, 4) is 12.3 Å². The quantitative estimate of drug-likeness (QED) is 0.462. The number of hydrogen-bond donors (Lipinski definition) is 1. The molecule has 0 saturated heterocycles. The molecule has 10 heavy (non-hydrogen) atoms. The van der Waals surface area contributed by atoms with Gasteiger partial charge in [-0.25, -0.2) is 0 Å². The third-order valence-electron chi connectivity index (χ3n) is 1.33. The van der Waals surface area contributed by atoms with Gasteiger partial charge in [-0.05, 0) is 13.3 Å². The highest BCUT2D eigenvalue weighted by Gasteiger charge is 2.17. The topological polar surface area (TPSA) is 37.3 Å². The molecular weight excluding hydrogens is 128 g/mol. The molecule has 0 aromatic rings. The second-order valence-corrected chi connectivity index (χ2v) is 2.57. The van der Waals surface area contributed by atoms with Crippen molar-refractivity contribution >= 4 is 6.29 Å². The summed E-state index contributed by atoms with van der Waals surface area (Å²) in [5.41, 5.74) is -0.909. The molecule has 0 aliphatic carbocycles. The lowest BCUT2D eigenvalue weighted by Gasteiger charge is -2.18. The zero-order valence-electron chi connectivity index (χ0n) is 6.13. The molecule has 1 N–H and O–H groups in total. The van der Waals surface area contributed by atoms with E-state index >= 15 is 0 Å². The maximum atomic E-state index is 9.97. The number of hydrogen-bond acceptors (Lipinski definition) is 2. The first-order chi connectivity index (χ1) is 4.62. The summed E-state index contributed by atoms with van der Waals surface area (Å²) >= 11 is 0. The van der Waals surface area contributed by atoms with E-state index in [-0.39, 0.29) is 6.42 Å². The third kappa shape index (κ3) is 4.11. The van der Waals surface area contributed by atoms with Crippen molar-refractivity contribution < 1.29 is 9.90 Å². The van der Waals surface area contributed by atoms with Crippen LogP contribution in [0.4, 0.5) is 0 Å². The lowest BCUT2D eigenvalue weighted by atomic mass is 9.97. The van der Waals surface area contributed by atoms with E-state index in [0.717, 1.165) is 0 Å². The van der Waals surface area contributed by atoms with E-state index in [2.05, 4.69) is 5.92 Å². The van der Waals surface area contributed by atoms with E-state index in [1.54, 1.807) is 6.92 Å². The van der Waals surface area contributed by atoms with E-state index in [1.165, 1.54) is 0 Å². The van der Waals surface area contributed by atoms with Gasteiger partial charge < -0.3 is 9.90 Å². The monoisotopic (exact) mass is 140 g/mol. The van der Waals surface area contributed by atoms with Crippen LogP contribution in [0, 0.1) is 12.3 Å². The number of carbonyl (C=O) groups excluding carboxylic acids is 1. The second-order valence-electron chi connectivity index (χ2n) is 2.57. The average molecular weight is 140 g/mol. The van der Waals surface area contributed by atoms with Crippen molar-refractivity contribution in [1.29, 1.82) is 0 Å². The van der Waals surface area contributed by atoms with Crippen molar-refractivity contribution in [1.82, 2.24) is 0 Å². The molecule has 0 radical (unpaired) electrons. The fraction of sp³-hybridized carbons (Fsp3) is 0.625. The Hall–Kier alpha value is -0.810. The highest BCUT2D eigenvalue weighted by Crippen LogP contribution is 2.13. The van der Waals surface area contributed by atoms with Crippen molar-refractivity contribution in [2.75, 3.05) is 0 Å². The Bertz CT molecular complexity index is 142. The summed E-state index contributed by atoms with van der Waals surface area (Å²) < 4.78 is 0. The average Bonchev–Trinajstić information content (AvgIpc) is 1.84. The van der Waals surface area contributed by atoms with Gasteiger partial charge in [0.25, 0.3) is 0 Å². The Labute approximate surface area is 61.2 Å². The van der Waals surface area contributed by atoms with Crippen LogP contribution in [0.2, 0.25) is 0 Å². The van der Waals surface area contributed by atoms with Gasteiger partial charge >= 0.3 is 0 Å². The molecule has 0 aromatic carbocycles. The molecule has 0 fully saturated rings. The van der Waals surface area contributed by atoms with Gasteiger partial charge in [-0.15, -0.1) is 12.3 Å². The van der Waals surface area contributed by atoms with Gasteiger partial charge in [-0.3, -0.25) is 0 Å². The van der Waals surface area contributed by atoms with Crippen LogP contribution in [0.3, 0.4) is 0 Å². The van der Waals surface area contributed by atoms with Gasteiger partial charge in [-0.1, -0.05) is 0 Å². The predicted octanol–water partition coefficient (Wildman–Crippen LogP) is 0.740. The molecular formula is C8H12O2. The van der Waals surface area contributed by atoms with Crippen LogP contribution in [-0.2, 0) is 4.79 Å². The molecule has 0 rings (SSSR count). The molecule has 0 spiro atoms. The molecule has 0 heterocycles. The van der Waals surface area contributed by atoms with Crippen LogP contribution in [0.25, 0.3) is 0 Å². The molecule has 0 aromatic heterocycles. The molecule has 0 amide bonds. The highest BCUT2D eigenvalue weighted by atomic mass is 16.3. The number of aliphatic hydroxyl groups is 1. The van der Waals surface area contributed by atoms with Crippen LogP contribution in [0.5, 0.6) is 0 Å². The van der Waals surface area contributed by atoms with Gasteiger partial charge in [0.1, 0.15) is 6.29 Å². The van der Waals surface area contributed by atoms with Crippen LogP contribution in [-0.4, -0.2) is 17.0 Å². The molecule has 0 saturated carbocycles. The van der Waals surface area contributed by atoms with Gasteiger partial charge in [0.05, 0.1) is 5.60 Å². The normalized spacial score (nSPS) is 15.3.